The summed E-state index contributed by atoms with van der Waals surface area (Å²) in [6.45, 7) is 9.47. The predicted octanol–water partition coefficient (Wildman–Crippen LogP) is 6.99. The molecule has 2 atom stereocenters. The lowest BCUT2D eigenvalue weighted by Crippen LogP contribution is -2.30. The number of rotatable bonds is 12. The first-order chi connectivity index (χ1) is 20.3. The van der Waals surface area contributed by atoms with Gasteiger partial charge in [0.05, 0.1) is 40.7 Å². The molecule has 43 heavy (non-hydrogen) atoms. The van der Waals surface area contributed by atoms with Crippen molar-refractivity contribution in [1.29, 1.82) is 5.26 Å². The average Bonchev–Trinajstić information content (AvgIpc) is 3.75. The summed E-state index contributed by atoms with van der Waals surface area (Å²) in [5.74, 6) is -1.05. The number of epoxide rings is 1. The van der Waals surface area contributed by atoms with Crippen LogP contribution in [0.5, 0.6) is 0 Å². The molecule has 0 spiro atoms. The van der Waals surface area contributed by atoms with E-state index in [1.165, 1.54) is 6.08 Å². The van der Waals surface area contributed by atoms with Crippen LogP contribution in [-0.4, -0.2) is 33.8 Å². The first-order valence-corrected chi connectivity index (χ1v) is 13.8. The number of benzene rings is 2. The molecule has 0 radical (unpaired) electrons. The Bertz CT molecular complexity index is 1630. The van der Waals surface area contributed by atoms with E-state index < -0.39 is 23.4 Å². The third kappa shape index (κ3) is 7.95. The van der Waals surface area contributed by atoms with Crippen LogP contribution in [0.25, 0.3) is 16.6 Å². The molecule has 1 fully saturated rings. The van der Waals surface area contributed by atoms with Gasteiger partial charge in [0, 0.05) is 29.7 Å². The maximum Gasteiger partial charge on any atom is 0.412 e. The molecule has 10 heteroatoms. The van der Waals surface area contributed by atoms with Gasteiger partial charge in [-0.05, 0) is 68.0 Å². The fourth-order valence-corrected chi connectivity index (χ4v) is 4.63. The summed E-state index contributed by atoms with van der Waals surface area (Å²) in [5.41, 5.74) is 3.99. The molecule has 2 N–H and O–H groups in total. The zero-order valence-corrected chi connectivity index (χ0v) is 24.3. The van der Waals surface area contributed by atoms with Crippen LogP contribution in [0.15, 0.2) is 72.3 Å². The van der Waals surface area contributed by atoms with Gasteiger partial charge in [0.1, 0.15) is 0 Å². The fourth-order valence-electron chi connectivity index (χ4n) is 4.63. The molecular formula is C33H33F3N4O3. The lowest BCUT2D eigenvalue weighted by atomic mass is 9.96. The highest BCUT2D eigenvalue weighted by Gasteiger charge is 2.46. The average molecular weight is 591 g/mol. The molecule has 0 aliphatic carbocycles. The maximum absolute atomic E-state index is 13.2. The summed E-state index contributed by atoms with van der Waals surface area (Å²) in [4.78, 5) is 20.9. The van der Waals surface area contributed by atoms with Gasteiger partial charge in [-0.3, -0.25) is 10.1 Å². The van der Waals surface area contributed by atoms with E-state index in [-0.39, 0.29) is 12.3 Å². The standard InChI is InChI=1S/C33H33F3N4O3/c1-20(2)26(12-6-22(4)33(34,35)36)31-28(13-5-21(3)15-30(41)42)39-29-16-25(11-14-27(29)40-31)32(19-43-32)38-18-24-9-7-23(17-37)8-10-24/h6-12,14,16,21,38H,1,5,13,15,18-19H2,2-4H3,(H,41,42). The number of hydrogen-bond acceptors (Lipinski definition) is 6. The molecule has 2 aromatic carbocycles. The number of nitriles is 1. The molecular weight excluding hydrogens is 557 g/mol. The van der Waals surface area contributed by atoms with E-state index in [9.17, 15) is 23.1 Å². The molecule has 3 aromatic rings. The van der Waals surface area contributed by atoms with Gasteiger partial charge in [0.2, 0.25) is 0 Å². The Kier molecular flexibility index (Phi) is 9.48. The second kappa shape index (κ2) is 12.9. The van der Waals surface area contributed by atoms with Crippen LogP contribution < -0.4 is 5.32 Å². The lowest BCUT2D eigenvalue weighted by molar-refractivity contribution is -0.138. The largest absolute Gasteiger partial charge is 0.481 e. The molecule has 0 bridgehead atoms. The highest BCUT2D eigenvalue weighted by molar-refractivity contribution is 5.83. The molecule has 4 rings (SSSR count). The van der Waals surface area contributed by atoms with Gasteiger partial charge < -0.3 is 9.84 Å². The van der Waals surface area contributed by atoms with Crippen LogP contribution in [0.2, 0.25) is 0 Å². The Morgan fingerprint density at radius 1 is 1.19 bits per heavy atom. The zero-order valence-electron chi connectivity index (χ0n) is 24.3. The number of aryl methyl sites for hydroxylation is 1. The minimum Gasteiger partial charge on any atom is -0.481 e. The highest BCUT2D eigenvalue weighted by atomic mass is 19.4. The zero-order chi connectivity index (χ0) is 31.4. The smallest absolute Gasteiger partial charge is 0.412 e. The van der Waals surface area contributed by atoms with Crippen molar-refractivity contribution in [1.82, 2.24) is 15.3 Å². The quantitative estimate of drug-likeness (QED) is 0.173. The Morgan fingerprint density at radius 3 is 2.47 bits per heavy atom. The number of nitrogens with one attached hydrogen (secondary N) is 1. The minimum absolute atomic E-state index is 0.0119. The van der Waals surface area contributed by atoms with Crippen molar-refractivity contribution >= 4 is 22.6 Å². The first-order valence-electron chi connectivity index (χ1n) is 13.8. The van der Waals surface area contributed by atoms with Crippen LogP contribution in [0.3, 0.4) is 0 Å². The summed E-state index contributed by atoms with van der Waals surface area (Å²) >= 11 is 0. The third-order valence-corrected chi connectivity index (χ3v) is 7.36. The first kappa shape index (κ1) is 31.6. The Hall–Kier alpha value is -4.33. The number of fused-ring (bicyclic) bond motifs is 1. The van der Waals surface area contributed by atoms with Crippen LogP contribution in [0, 0.1) is 17.2 Å². The minimum atomic E-state index is -4.47. The monoisotopic (exact) mass is 590 g/mol. The summed E-state index contributed by atoms with van der Waals surface area (Å²) in [6, 6.07) is 14.9. The molecule has 1 aliphatic rings. The molecule has 1 saturated heterocycles. The predicted molar refractivity (Wildman–Crippen MR) is 158 cm³/mol. The summed E-state index contributed by atoms with van der Waals surface area (Å²) in [6.07, 6.45) is -1.24. The molecule has 1 aromatic heterocycles. The Morgan fingerprint density at radius 2 is 1.88 bits per heavy atom. The van der Waals surface area contributed by atoms with Gasteiger partial charge >= 0.3 is 12.1 Å². The van der Waals surface area contributed by atoms with Crippen LogP contribution in [0.1, 0.15) is 61.7 Å². The molecule has 0 saturated carbocycles. The second-order valence-electron chi connectivity index (χ2n) is 11.0. The number of aliphatic carboxylic acids is 1. The van der Waals surface area contributed by atoms with Crippen molar-refractivity contribution in [2.75, 3.05) is 6.61 Å². The van der Waals surface area contributed by atoms with E-state index in [1.54, 1.807) is 25.1 Å². The number of carboxylic acids is 1. The van der Waals surface area contributed by atoms with Crippen LogP contribution in [0.4, 0.5) is 13.2 Å². The fraction of sp³-hybridized carbons (Fsp3) is 0.333. The number of carbonyl (C=O) groups is 1. The van der Waals surface area contributed by atoms with E-state index in [0.717, 1.165) is 24.1 Å². The number of ether oxygens (including phenoxy) is 1. The van der Waals surface area contributed by atoms with E-state index in [1.807, 2.05) is 31.2 Å². The van der Waals surface area contributed by atoms with Crippen LogP contribution in [-0.2, 0) is 28.2 Å². The number of aromatic nitrogens is 2. The summed E-state index contributed by atoms with van der Waals surface area (Å²) in [5, 5.41) is 21.7. The van der Waals surface area contributed by atoms with E-state index in [0.29, 0.717) is 65.1 Å². The molecule has 224 valence electrons. The van der Waals surface area contributed by atoms with E-state index in [2.05, 4.69) is 18.0 Å². The highest BCUT2D eigenvalue weighted by Crippen LogP contribution is 2.38. The normalized spacial score (nSPS) is 17.9. The number of carboxylic acid groups (broad SMARTS) is 1. The Labute approximate surface area is 248 Å². The van der Waals surface area contributed by atoms with Gasteiger partial charge in [-0.2, -0.15) is 18.4 Å². The second-order valence-corrected chi connectivity index (χ2v) is 11.0. The van der Waals surface area contributed by atoms with Crippen molar-refractivity contribution in [3.8, 4) is 6.07 Å². The van der Waals surface area contributed by atoms with E-state index in [4.69, 9.17) is 20.0 Å². The summed E-state index contributed by atoms with van der Waals surface area (Å²) in [7, 11) is 0. The molecule has 7 nitrogen and oxygen atoms in total. The van der Waals surface area contributed by atoms with Crippen molar-refractivity contribution in [2.24, 2.45) is 5.92 Å². The summed E-state index contributed by atoms with van der Waals surface area (Å²) < 4.78 is 45.4. The molecule has 2 unspecified atom stereocenters. The molecule has 0 amide bonds. The topological polar surface area (TPSA) is 111 Å². The Balaban J connectivity index is 1.70. The van der Waals surface area contributed by atoms with E-state index >= 15 is 0 Å². The van der Waals surface area contributed by atoms with Crippen molar-refractivity contribution in [3.63, 3.8) is 0 Å². The number of alkyl halides is 3. The molecule has 1 aliphatic heterocycles. The van der Waals surface area contributed by atoms with Crippen molar-refractivity contribution < 1.29 is 27.8 Å². The van der Waals surface area contributed by atoms with Gasteiger partial charge in [0.25, 0.3) is 0 Å². The van der Waals surface area contributed by atoms with Crippen LogP contribution >= 0.6 is 0 Å². The number of nitrogens with zero attached hydrogens (tertiary/aromatic N) is 3. The maximum atomic E-state index is 13.2. The van der Waals surface area contributed by atoms with Crippen molar-refractivity contribution in [2.45, 2.75) is 58.5 Å². The van der Waals surface area contributed by atoms with Gasteiger partial charge in [-0.15, -0.1) is 0 Å². The lowest BCUT2D eigenvalue weighted by Gasteiger charge is -2.17. The van der Waals surface area contributed by atoms with Crippen molar-refractivity contribution in [3.05, 3.63) is 100 Å². The number of hydrogen-bond donors (Lipinski definition) is 2. The SMILES string of the molecule is C=C(C)C(=CC=C(C)C(F)(F)F)c1nc2ccc(C3(NCc4ccc(C#N)cc4)CO3)cc2nc1CCC(C)CC(=O)O. The van der Waals surface area contributed by atoms with Gasteiger partial charge in [-0.25, -0.2) is 9.97 Å². The van der Waals surface area contributed by atoms with Gasteiger partial charge in [0.15, 0.2) is 5.72 Å². The van der Waals surface area contributed by atoms with Gasteiger partial charge in [-0.1, -0.05) is 43.9 Å². The molecule has 2 heterocycles. The third-order valence-electron chi connectivity index (χ3n) is 7.36. The number of allylic oxidation sites excluding steroid dienone is 5. The number of halogens is 3.